The average molecular weight is 407 g/mol. The Kier molecular flexibility index (Phi) is 4.59. The Labute approximate surface area is 171 Å². The highest BCUT2D eigenvalue weighted by atomic mass is 19.1. The van der Waals surface area contributed by atoms with Gasteiger partial charge in [-0.25, -0.2) is 28.7 Å². The monoisotopic (exact) mass is 407 g/mol. The van der Waals surface area contributed by atoms with Gasteiger partial charge in [0.05, 0.1) is 5.56 Å². The molecule has 1 atom stereocenters. The van der Waals surface area contributed by atoms with Crippen LogP contribution in [0.4, 0.5) is 14.6 Å². The number of nitrogens with zero attached hydrogens (tertiary/aromatic N) is 6. The number of pyridine rings is 1. The second-order valence-electron chi connectivity index (χ2n) is 7.22. The summed E-state index contributed by atoms with van der Waals surface area (Å²) in [5, 5.41) is 3.37. The lowest BCUT2D eigenvalue weighted by molar-refractivity contribution is 0.497. The average Bonchev–Trinajstić information content (AvgIpc) is 3.13. The van der Waals surface area contributed by atoms with Crippen LogP contribution in [-0.2, 0) is 0 Å². The smallest absolute Gasteiger partial charge is 0.168 e. The van der Waals surface area contributed by atoms with E-state index in [1.165, 1.54) is 18.5 Å². The van der Waals surface area contributed by atoms with Crippen LogP contribution >= 0.6 is 0 Å². The van der Waals surface area contributed by atoms with E-state index in [2.05, 4.69) is 32.1 Å². The minimum Gasteiger partial charge on any atom is -0.351 e. The highest BCUT2D eigenvalue weighted by Crippen LogP contribution is 2.30. The number of halogens is 2. The van der Waals surface area contributed by atoms with E-state index in [1.54, 1.807) is 16.8 Å². The van der Waals surface area contributed by atoms with Crippen molar-refractivity contribution in [3.63, 3.8) is 0 Å². The van der Waals surface area contributed by atoms with Crippen molar-refractivity contribution in [2.24, 2.45) is 0 Å². The fourth-order valence-corrected chi connectivity index (χ4v) is 3.77. The normalized spacial score (nSPS) is 16.9. The van der Waals surface area contributed by atoms with Gasteiger partial charge in [0.1, 0.15) is 35.1 Å². The van der Waals surface area contributed by atoms with Gasteiger partial charge in [0, 0.05) is 37.9 Å². The minimum atomic E-state index is -0.698. The Morgan fingerprint density at radius 1 is 1.07 bits per heavy atom. The minimum absolute atomic E-state index is 0.171. The van der Waals surface area contributed by atoms with Crippen LogP contribution in [0.1, 0.15) is 6.92 Å². The number of imidazole rings is 1. The molecule has 1 saturated heterocycles. The first-order valence-corrected chi connectivity index (χ1v) is 9.70. The van der Waals surface area contributed by atoms with Crippen LogP contribution in [0.2, 0.25) is 0 Å². The molecule has 0 amide bonds. The lowest BCUT2D eigenvalue weighted by atomic mass is 10.2. The fourth-order valence-electron chi connectivity index (χ4n) is 3.77. The van der Waals surface area contributed by atoms with E-state index in [-0.39, 0.29) is 11.6 Å². The van der Waals surface area contributed by atoms with Crippen LogP contribution in [0, 0.1) is 11.6 Å². The van der Waals surface area contributed by atoms with Gasteiger partial charge in [0.25, 0.3) is 0 Å². The lowest BCUT2D eigenvalue weighted by Crippen LogP contribution is -2.50. The molecule has 1 fully saturated rings. The second kappa shape index (κ2) is 7.42. The Morgan fingerprint density at radius 3 is 2.73 bits per heavy atom. The molecule has 7 nitrogen and oxygen atoms in total. The summed E-state index contributed by atoms with van der Waals surface area (Å²) in [4.78, 5) is 20.0. The highest BCUT2D eigenvalue weighted by Gasteiger charge is 2.23. The zero-order chi connectivity index (χ0) is 20.7. The number of aromatic nitrogens is 5. The molecule has 9 heteroatoms. The summed E-state index contributed by atoms with van der Waals surface area (Å²) in [5.41, 5.74) is 1.32. The Morgan fingerprint density at radius 2 is 1.97 bits per heavy atom. The molecule has 1 aromatic carbocycles. The third kappa shape index (κ3) is 3.17. The van der Waals surface area contributed by atoms with Gasteiger partial charge in [-0.3, -0.25) is 4.57 Å². The van der Waals surface area contributed by atoms with E-state index in [9.17, 15) is 8.78 Å². The van der Waals surface area contributed by atoms with Crippen molar-refractivity contribution in [1.82, 2.24) is 29.8 Å². The molecule has 1 aliphatic rings. The van der Waals surface area contributed by atoms with Crippen LogP contribution in [0.15, 0.2) is 48.9 Å². The van der Waals surface area contributed by atoms with Gasteiger partial charge in [0.15, 0.2) is 11.5 Å². The molecule has 1 aliphatic heterocycles. The van der Waals surface area contributed by atoms with Crippen molar-refractivity contribution in [3.8, 4) is 17.2 Å². The maximum Gasteiger partial charge on any atom is 0.168 e. The maximum absolute atomic E-state index is 14.6. The molecular weight excluding hydrogens is 388 g/mol. The number of benzene rings is 1. The summed E-state index contributed by atoms with van der Waals surface area (Å²) in [7, 11) is 0. The molecule has 0 radical (unpaired) electrons. The third-order valence-corrected chi connectivity index (χ3v) is 5.25. The Hall–Kier alpha value is -3.46. The van der Waals surface area contributed by atoms with E-state index in [4.69, 9.17) is 4.98 Å². The number of hydrogen-bond acceptors (Lipinski definition) is 6. The molecule has 4 heterocycles. The van der Waals surface area contributed by atoms with Gasteiger partial charge in [-0.15, -0.1) is 0 Å². The van der Waals surface area contributed by atoms with Gasteiger partial charge in [-0.2, -0.15) is 0 Å². The summed E-state index contributed by atoms with van der Waals surface area (Å²) >= 11 is 0. The predicted octanol–water partition coefficient (Wildman–Crippen LogP) is 2.95. The molecule has 0 saturated carbocycles. The summed E-state index contributed by atoms with van der Waals surface area (Å²) in [5.74, 6) is 0.284. The largest absolute Gasteiger partial charge is 0.351 e. The fraction of sp³-hybridized carbons (Fsp3) is 0.238. The number of hydrogen-bond donors (Lipinski definition) is 1. The Balaban J connectivity index is 1.74. The molecule has 5 rings (SSSR count). The van der Waals surface area contributed by atoms with Crippen LogP contribution in [-0.4, -0.2) is 50.2 Å². The molecular formula is C21H19F2N7. The van der Waals surface area contributed by atoms with Crippen molar-refractivity contribution in [2.75, 3.05) is 24.5 Å². The number of fused-ring (bicyclic) bond motifs is 1. The van der Waals surface area contributed by atoms with Crippen molar-refractivity contribution in [1.29, 1.82) is 0 Å². The predicted molar refractivity (Wildman–Crippen MR) is 109 cm³/mol. The van der Waals surface area contributed by atoms with Crippen LogP contribution in [0.3, 0.4) is 0 Å². The van der Waals surface area contributed by atoms with Crippen molar-refractivity contribution < 1.29 is 8.78 Å². The van der Waals surface area contributed by atoms with E-state index < -0.39 is 11.6 Å². The van der Waals surface area contributed by atoms with E-state index in [1.807, 2.05) is 12.1 Å². The Bertz CT molecular complexity index is 1210. The molecule has 4 aromatic rings. The maximum atomic E-state index is 14.6. The first kappa shape index (κ1) is 18.6. The van der Waals surface area contributed by atoms with Gasteiger partial charge in [-0.1, -0.05) is 0 Å². The second-order valence-corrected chi connectivity index (χ2v) is 7.22. The zero-order valence-electron chi connectivity index (χ0n) is 16.3. The van der Waals surface area contributed by atoms with Crippen LogP contribution in [0.25, 0.3) is 28.4 Å². The van der Waals surface area contributed by atoms with Crippen molar-refractivity contribution >= 4 is 17.0 Å². The third-order valence-electron chi connectivity index (χ3n) is 5.25. The highest BCUT2D eigenvalue weighted by molar-refractivity contribution is 5.81. The molecule has 30 heavy (non-hydrogen) atoms. The van der Waals surface area contributed by atoms with E-state index in [0.717, 1.165) is 31.5 Å². The summed E-state index contributed by atoms with van der Waals surface area (Å²) in [6.45, 7) is 4.72. The van der Waals surface area contributed by atoms with Gasteiger partial charge in [-0.05, 0) is 37.3 Å². The molecule has 152 valence electrons. The summed E-state index contributed by atoms with van der Waals surface area (Å²) in [6.07, 6.45) is 3.01. The van der Waals surface area contributed by atoms with E-state index >= 15 is 0 Å². The van der Waals surface area contributed by atoms with Gasteiger partial charge >= 0.3 is 0 Å². The first-order chi connectivity index (χ1) is 14.6. The number of nitrogens with one attached hydrogen (secondary N) is 1. The SMILES string of the molecule is CC1CNCCN1c1ccc2nc(-c3ccc(F)cc3F)n(-c3ccncn3)c2n1. The quantitative estimate of drug-likeness (QED) is 0.563. The number of piperazine rings is 1. The molecule has 0 spiro atoms. The summed E-state index contributed by atoms with van der Waals surface area (Å²) in [6, 6.07) is 9.22. The lowest BCUT2D eigenvalue weighted by Gasteiger charge is -2.34. The zero-order valence-corrected chi connectivity index (χ0v) is 16.3. The topological polar surface area (TPSA) is 71.8 Å². The van der Waals surface area contributed by atoms with Gasteiger partial charge in [0.2, 0.25) is 0 Å². The van der Waals surface area contributed by atoms with Crippen molar-refractivity contribution in [3.05, 3.63) is 60.6 Å². The summed E-state index contributed by atoms with van der Waals surface area (Å²) < 4.78 is 29.8. The molecule has 1 unspecified atom stereocenters. The van der Waals surface area contributed by atoms with Gasteiger partial charge < -0.3 is 10.2 Å². The number of anilines is 1. The number of rotatable bonds is 3. The molecule has 0 bridgehead atoms. The van der Waals surface area contributed by atoms with E-state index in [0.29, 0.717) is 22.8 Å². The van der Waals surface area contributed by atoms with Crippen LogP contribution in [0.5, 0.6) is 0 Å². The first-order valence-electron chi connectivity index (χ1n) is 9.70. The molecule has 3 aromatic heterocycles. The van der Waals surface area contributed by atoms with Crippen LogP contribution < -0.4 is 10.2 Å². The standard InChI is InChI=1S/C21H19F2N7/c1-13-11-24-8-9-29(13)19-5-4-17-21(28-19)30(18-6-7-25-12-26-18)20(27-17)15-3-2-14(22)10-16(15)23/h2-7,10,12-13,24H,8-9,11H2,1H3. The molecule has 0 aliphatic carbocycles. The molecule has 1 N–H and O–H groups in total. The van der Waals surface area contributed by atoms with Crippen molar-refractivity contribution in [2.45, 2.75) is 13.0 Å².